The zero-order valence-corrected chi connectivity index (χ0v) is 16.6. The summed E-state index contributed by atoms with van der Waals surface area (Å²) in [5.41, 5.74) is 1.13. The number of halogens is 1. The summed E-state index contributed by atoms with van der Waals surface area (Å²) in [5, 5.41) is 16.2. The van der Waals surface area contributed by atoms with Gasteiger partial charge in [-0.05, 0) is 5.56 Å². The van der Waals surface area contributed by atoms with E-state index in [1.165, 1.54) is 0 Å². The Morgan fingerprint density at radius 3 is 2.58 bits per heavy atom. The van der Waals surface area contributed by atoms with Crippen molar-refractivity contribution in [1.29, 1.82) is 0 Å². The van der Waals surface area contributed by atoms with E-state index < -0.39 is 0 Å². The Kier molecular flexibility index (Phi) is 11.0. The van der Waals surface area contributed by atoms with Gasteiger partial charge in [-0.3, -0.25) is 9.89 Å². The molecule has 136 valence electrons. The second kappa shape index (κ2) is 12.5. The third-order valence-electron chi connectivity index (χ3n) is 4.06. The predicted octanol–water partition coefficient (Wildman–Crippen LogP) is 0.878. The average Bonchev–Trinajstić information content (AvgIpc) is 2.62. The molecule has 1 aliphatic rings. The third kappa shape index (κ3) is 7.33. The summed E-state index contributed by atoms with van der Waals surface area (Å²) >= 11 is 0. The minimum absolute atomic E-state index is 0. The van der Waals surface area contributed by atoms with Crippen molar-refractivity contribution in [2.45, 2.75) is 5.92 Å². The van der Waals surface area contributed by atoms with E-state index in [-0.39, 0.29) is 36.5 Å². The zero-order valence-electron chi connectivity index (χ0n) is 14.3. The van der Waals surface area contributed by atoms with Gasteiger partial charge in [0, 0.05) is 45.7 Å². The fourth-order valence-electron chi connectivity index (χ4n) is 2.61. The molecule has 2 rings (SSSR count). The maximum atomic E-state index is 9.59. The van der Waals surface area contributed by atoms with Gasteiger partial charge in [0.15, 0.2) is 5.96 Å². The van der Waals surface area contributed by atoms with Gasteiger partial charge in [-0.2, -0.15) is 0 Å². The number of benzene rings is 1. The number of hydrogen-bond donors (Lipinski definition) is 3. The third-order valence-corrected chi connectivity index (χ3v) is 4.06. The summed E-state index contributed by atoms with van der Waals surface area (Å²) < 4.78 is 5.35. The van der Waals surface area contributed by atoms with Gasteiger partial charge in [-0.15, -0.1) is 24.0 Å². The Morgan fingerprint density at radius 2 is 1.96 bits per heavy atom. The van der Waals surface area contributed by atoms with Gasteiger partial charge in [0.2, 0.25) is 0 Å². The van der Waals surface area contributed by atoms with Crippen LogP contribution < -0.4 is 10.6 Å². The SMILES string of the molecule is CN=C(NCCN1CCOCC1)NCC(CO)c1ccccc1.I. The average molecular weight is 448 g/mol. The molecule has 0 bridgehead atoms. The number of aliphatic hydroxyl groups is 1. The first-order valence-corrected chi connectivity index (χ1v) is 8.24. The monoisotopic (exact) mass is 448 g/mol. The van der Waals surface area contributed by atoms with E-state index in [2.05, 4.69) is 20.5 Å². The van der Waals surface area contributed by atoms with Crippen LogP contribution in [0.15, 0.2) is 35.3 Å². The summed E-state index contributed by atoms with van der Waals surface area (Å²) in [6.07, 6.45) is 0. The smallest absolute Gasteiger partial charge is 0.191 e. The first-order chi connectivity index (χ1) is 11.3. The number of guanidine groups is 1. The van der Waals surface area contributed by atoms with Crippen molar-refractivity contribution in [2.24, 2.45) is 4.99 Å². The van der Waals surface area contributed by atoms with Crippen molar-refractivity contribution in [1.82, 2.24) is 15.5 Å². The van der Waals surface area contributed by atoms with Crippen LogP contribution in [0.1, 0.15) is 11.5 Å². The summed E-state index contributed by atoms with van der Waals surface area (Å²) in [6.45, 7) is 6.22. The maximum Gasteiger partial charge on any atom is 0.191 e. The van der Waals surface area contributed by atoms with Gasteiger partial charge in [0.1, 0.15) is 0 Å². The fourth-order valence-corrected chi connectivity index (χ4v) is 2.61. The van der Waals surface area contributed by atoms with Gasteiger partial charge < -0.3 is 20.5 Å². The molecule has 1 atom stereocenters. The molecule has 1 fully saturated rings. The van der Waals surface area contributed by atoms with Gasteiger partial charge >= 0.3 is 0 Å². The molecule has 7 heteroatoms. The van der Waals surface area contributed by atoms with E-state index in [4.69, 9.17) is 4.74 Å². The largest absolute Gasteiger partial charge is 0.396 e. The molecule has 0 aliphatic carbocycles. The van der Waals surface area contributed by atoms with Gasteiger partial charge in [-0.1, -0.05) is 30.3 Å². The lowest BCUT2D eigenvalue weighted by Gasteiger charge is -2.27. The van der Waals surface area contributed by atoms with Crippen LogP contribution in [0, 0.1) is 0 Å². The molecule has 0 spiro atoms. The van der Waals surface area contributed by atoms with Crippen LogP contribution in [0.4, 0.5) is 0 Å². The minimum atomic E-state index is 0. The number of ether oxygens (including phenoxy) is 1. The Morgan fingerprint density at radius 1 is 1.25 bits per heavy atom. The van der Waals surface area contributed by atoms with Gasteiger partial charge in [0.05, 0.1) is 19.8 Å². The lowest BCUT2D eigenvalue weighted by molar-refractivity contribution is 0.0389. The maximum absolute atomic E-state index is 9.59. The van der Waals surface area contributed by atoms with Crippen LogP contribution in [0.25, 0.3) is 0 Å². The molecule has 1 saturated heterocycles. The van der Waals surface area contributed by atoms with Crippen molar-refractivity contribution in [3.63, 3.8) is 0 Å². The first-order valence-electron chi connectivity index (χ1n) is 8.24. The number of hydrogen-bond acceptors (Lipinski definition) is 4. The van der Waals surface area contributed by atoms with E-state index >= 15 is 0 Å². The number of morpholine rings is 1. The molecule has 0 saturated carbocycles. The summed E-state index contributed by atoms with van der Waals surface area (Å²) in [4.78, 5) is 6.62. The molecule has 3 N–H and O–H groups in total. The minimum Gasteiger partial charge on any atom is -0.396 e. The van der Waals surface area contributed by atoms with Crippen LogP contribution in [0.3, 0.4) is 0 Å². The van der Waals surface area contributed by atoms with Crippen molar-refractivity contribution < 1.29 is 9.84 Å². The highest BCUT2D eigenvalue weighted by atomic mass is 127. The molecule has 1 aromatic carbocycles. The van der Waals surface area contributed by atoms with E-state index in [0.29, 0.717) is 6.54 Å². The predicted molar refractivity (Wildman–Crippen MR) is 108 cm³/mol. The molecular weight excluding hydrogens is 419 g/mol. The van der Waals surface area contributed by atoms with Crippen LogP contribution in [0.5, 0.6) is 0 Å². The second-order valence-corrected chi connectivity index (χ2v) is 5.62. The summed E-state index contributed by atoms with van der Waals surface area (Å²) in [5.74, 6) is 0.835. The van der Waals surface area contributed by atoms with E-state index in [1.807, 2.05) is 30.3 Å². The zero-order chi connectivity index (χ0) is 16.3. The van der Waals surface area contributed by atoms with Crippen LogP contribution in [-0.4, -0.2) is 75.6 Å². The van der Waals surface area contributed by atoms with Crippen LogP contribution in [-0.2, 0) is 4.74 Å². The first kappa shape index (κ1) is 21.1. The number of rotatable bonds is 7. The van der Waals surface area contributed by atoms with Gasteiger partial charge in [0.25, 0.3) is 0 Å². The molecule has 24 heavy (non-hydrogen) atoms. The highest BCUT2D eigenvalue weighted by Gasteiger charge is 2.12. The Labute approximate surface area is 161 Å². The number of nitrogens with zero attached hydrogens (tertiary/aromatic N) is 2. The van der Waals surface area contributed by atoms with Crippen molar-refractivity contribution in [3.05, 3.63) is 35.9 Å². The number of aliphatic imine (C=N–C) groups is 1. The van der Waals surface area contributed by atoms with Crippen molar-refractivity contribution in [2.75, 3.05) is 59.6 Å². The molecule has 1 unspecified atom stereocenters. The van der Waals surface area contributed by atoms with E-state index in [1.54, 1.807) is 7.05 Å². The number of nitrogens with one attached hydrogen (secondary N) is 2. The Bertz CT molecular complexity index is 467. The highest BCUT2D eigenvalue weighted by molar-refractivity contribution is 14.0. The second-order valence-electron chi connectivity index (χ2n) is 5.62. The van der Waals surface area contributed by atoms with E-state index in [0.717, 1.165) is 50.9 Å². The molecule has 1 heterocycles. The Hall–Kier alpha value is -0.900. The fraction of sp³-hybridized carbons (Fsp3) is 0.588. The summed E-state index contributed by atoms with van der Waals surface area (Å²) in [7, 11) is 1.76. The lowest BCUT2D eigenvalue weighted by Crippen LogP contribution is -2.45. The molecule has 1 aromatic rings. The topological polar surface area (TPSA) is 69.1 Å². The standard InChI is InChI=1S/C17H28N4O2.HI/c1-18-17(19-7-8-21-9-11-23-12-10-21)20-13-16(14-22)15-5-3-2-4-6-15;/h2-6,16,22H,7-14H2,1H3,(H2,18,19,20);1H. The van der Waals surface area contributed by atoms with Gasteiger partial charge in [-0.25, -0.2) is 0 Å². The molecular formula is C17H29IN4O2. The lowest BCUT2D eigenvalue weighted by atomic mass is 10.0. The normalized spacial score (nSPS) is 17.0. The summed E-state index contributed by atoms with van der Waals surface area (Å²) in [6, 6.07) is 10.0. The molecule has 0 amide bonds. The quantitative estimate of drug-likeness (QED) is 0.328. The van der Waals surface area contributed by atoms with E-state index in [9.17, 15) is 5.11 Å². The highest BCUT2D eigenvalue weighted by Crippen LogP contribution is 2.13. The van der Waals surface area contributed by atoms with Crippen LogP contribution >= 0.6 is 24.0 Å². The van der Waals surface area contributed by atoms with Crippen molar-refractivity contribution >= 4 is 29.9 Å². The Balaban J connectivity index is 0.00000288. The molecule has 0 radical (unpaired) electrons. The van der Waals surface area contributed by atoms with Crippen LogP contribution in [0.2, 0.25) is 0 Å². The number of aliphatic hydroxyl groups excluding tert-OH is 1. The molecule has 0 aromatic heterocycles. The molecule has 6 nitrogen and oxygen atoms in total. The molecule has 1 aliphatic heterocycles. The van der Waals surface area contributed by atoms with Crippen molar-refractivity contribution in [3.8, 4) is 0 Å².